The Labute approximate surface area is 265 Å². The number of benzene rings is 3. The van der Waals surface area contributed by atoms with Crippen molar-refractivity contribution in [2.45, 2.75) is 44.4 Å². The van der Waals surface area contributed by atoms with E-state index in [9.17, 15) is 4.79 Å². The average Bonchev–Trinajstić information content (AvgIpc) is 3.73. The molecule has 46 heavy (non-hydrogen) atoms. The molecule has 0 radical (unpaired) electrons. The van der Waals surface area contributed by atoms with Crippen molar-refractivity contribution < 1.29 is 23.5 Å². The molecule has 4 atom stereocenters. The summed E-state index contributed by atoms with van der Waals surface area (Å²) in [6, 6.07) is 35.4. The molecule has 10 heteroatoms. The van der Waals surface area contributed by atoms with Crippen LogP contribution in [0.1, 0.15) is 22.9 Å². The Morgan fingerprint density at radius 1 is 0.739 bits per heavy atom. The Hall–Kier alpha value is -5.00. The van der Waals surface area contributed by atoms with Gasteiger partial charge in [0.25, 0.3) is 0 Å². The Bertz CT molecular complexity index is 1900. The highest BCUT2D eigenvalue weighted by Gasteiger charge is 2.49. The minimum Gasteiger partial charge on any atom is -0.374 e. The van der Waals surface area contributed by atoms with Crippen molar-refractivity contribution >= 4 is 11.0 Å². The lowest BCUT2D eigenvalue weighted by molar-refractivity contribution is -0.598. The first kappa shape index (κ1) is 29.7. The van der Waals surface area contributed by atoms with Gasteiger partial charge in [0.15, 0.2) is 11.7 Å². The standard InChI is InChI=1S/C36H33N5O5/c42-36-38-34(40-19-11-4-12-20-40)31-29(21-37-39-31)41(36)35-33(45-24-28-17-9-3-10-18-28)32(44-23-27-15-7-2-8-16-27)30(46-35)25-43-22-26-13-5-1-6-14-26/h1-21,30,32-33,35H,22-25H2/p+1/t30-,32-,33+,35-/m1/s1. The van der Waals surface area contributed by atoms with Gasteiger partial charge in [-0.1, -0.05) is 97.1 Å². The van der Waals surface area contributed by atoms with Gasteiger partial charge in [0.2, 0.25) is 0 Å². The number of pyridine rings is 1. The smallest absolute Gasteiger partial charge is 0.374 e. The van der Waals surface area contributed by atoms with Gasteiger partial charge in [-0.2, -0.15) is 5.10 Å². The predicted octanol–water partition coefficient (Wildman–Crippen LogP) is 4.68. The highest BCUT2D eigenvalue weighted by molar-refractivity contribution is 5.79. The monoisotopic (exact) mass is 616 g/mol. The van der Waals surface area contributed by atoms with Crippen LogP contribution in [0.25, 0.3) is 16.9 Å². The second kappa shape index (κ2) is 14.0. The normalized spacial score (nSPS) is 19.5. The summed E-state index contributed by atoms with van der Waals surface area (Å²) in [6.45, 7) is 1.26. The molecule has 1 fully saturated rings. The van der Waals surface area contributed by atoms with E-state index in [1.165, 1.54) is 4.57 Å². The lowest BCUT2D eigenvalue weighted by Gasteiger charge is -2.25. The van der Waals surface area contributed by atoms with Crippen LogP contribution in [0.4, 0.5) is 0 Å². The molecule has 4 heterocycles. The van der Waals surface area contributed by atoms with Gasteiger partial charge < -0.3 is 18.9 Å². The fourth-order valence-electron chi connectivity index (χ4n) is 5.73. The van der Waals surface area contributed by atoms with Crippen LogP contribution in [0.15, 0.2) is 133 Å². The molecule has 0 unspecified atom stereocenters. The number of aromatic nitrogens is 5. The number of fused-ring (bicyclic) bond motifs is 1. The maximum absolute atomic E-state index is 13.9. The largest absolute Gasteiger partial charge is 0.460 e. The number of rotatable bonds is 12. The van der Waals surface area contributed by atoms with Gasteiger partial charge in [0.05, 0.1) is 45.0 Å². The minimum absolute atomic E-state index is 0.227. The quantitative estimate of drug-likeness (QED) is 0.199. The number of nitrogens with zero attached hydrogens (tertiary/aromatic N) is 4. The van der Waals surface area contributed by atoms with Crippen molar-refractivity contribution in [1.29, 1.82) is 0 Å². The molecular weight excluding hydrogens is 582 g/mol. The Morgan fingerprint density at radius 3 is 1.93 bits per heavy atom. The number of ether oxygens (including phenoxy) is 4. The first-order valence-electron chi connectivity index (χ1n) is 15.2. The molecule has 0 aliphatic carbocycles. The fraction of sp³-hybridized carbons (Fsp3) is 0.222. The van der Waals surface area contributed by atoms with Crippen LogP contribution in [0.5, 0.6) is 0 Å². The van der Waals surface area contributed by atoms with E-state index in [2.05, 4.69) is 15.2 Å². The zero-order valence-corrected chi connectivity index (χ0v) is 25.1. The van der Waals surface area contributed by atoms with Crippen LogP contribution in [-0.2, 0) is 38.8 Å². The van der Waals surface area contributed by atoms with E-state index < -0.39 is 30.2 Å². The molecule has 0 spiro atoms. The third-order valence-corrected chi connectivity index (χ3v) is 7.97. The molecule has 0 bridgehead atoms. The summed E-state index contributed by atoms with van der Waals surface area (Å²) in [4.78, 5) is 18.4. The van der Waals surface area contributed by atoms with E-state index >= 15 is 0 Å². The van der Waals surface area contributed by atoms with E-state index in [1.54, 1.807) is 10.8 Å². The van der Waals surface area contributed by atoms with Crippen LogP contribution >= 0.6 is 0 Å². The second-order valence-electron chi connectivity index (χ2n) is 11.1. The summed E-state index contributed by atoms with van der Waals surface area (Å²) in [7, 11) is 0. The lowest BCUT2D eigenvalue weighted by Crippen LogP contribution is -2.41. The molecule has 7 rings (SSSR count). The third kappa shape index (κ3) is 6.51. The topological polar surface area (TPSA) is 104 Å². The molecule has 232 valence electrons. The molecule has 6 aromatic rings. The van der Waals surface area contributed by atoms with Gasteiger partial charge in [-0.3, -0.25) is 5.10 Å². The molecule has 0 saturated carbocycles. The molecule has 1 N–H and O–H groups in total. The van der Waals surface area contributed by atoms with Crippen molar-refractivity contribution in [2.24, 2.45) is 0 Å². The van der Waals surface area contributed by atoms with E-state index in [4.69, 9.17) is 18.9 Å². The summed E-state index contributed by atoms with van der Waals surface area (Å²) >= 11 is 0. The molecule has 10 nitrogen and oxygen atoms in total. The highest BCUT2D eigenvalue weighted by atomic mass is 16.6. The van der Waals surface area contributed by atoms with Gasteiger partial charge in [-0.25, -0.2) is 13.9 Å². The van der Waals surface area contributed by atoms with Crippen molar-refractivity contribution in [3.8, 4) is 5.82 Å². The van der Waals surface area contributed by atoms with Gasteiger partial charge >= 0.3 is 11.5 Å². The van der Waals surface area contributed by atoms with Crippen LogP contribution in [0, 0.1) is 0 Å². The first-order valence-corrected chi connectivity index (χ1v) is 15.2. The first-order chi connectivity index (χ1) is 22.7. The summed E-state index contributed by atoms with van der Waals surface area (Å²) in [5.41, 5.74) is 3.68. The van der Waals surface area contributed by atoms with Crippen molar-refractivity contribution in [1.82, 2.24) is 19.7 Å². The summed E-state index contributed by atoms with van der Waals surface area (Å²) < 4.78 is 29.4. The van der Waals surface area contributed by atoms with E-state index in [-0.39, 0.29) is 6.61 Å². The number of hydrogen-bond acceptors (Lipinski definition) is 7. The van der Waals surface area contributed by atoms with Crippen molar-refractivity contribution in [3.63, 3.8) is 0 Å². The van der Waals surface area contributed by atoms with Crippen LogP contribution in [0.3, 0.4) is 0 Å². The number of H-pyrrole nitrogens is 1. The summed E-state index contributed by atoms with van der Waals surface area (Å²) in [5.74, 6) is 0.439. The molecule has 3 aromatic heterocycles. The zero-order valence-electron chi connectivity index (χ0n) is 25.1. The third-order valence-electron chi connectivity index (χ3n) is 7.97. The van der Waals surface area contributed by atoms with Crippen molar-refractivity contribution in [2.75, 3.05) is 6.61 Å². The van der Waals surface area contributed by atoms with Gasteiger partial charge in [-0.15, -0.1) is 0 Å². The maximum Gasteiger partial charge on any atom is 0.460 e. The SMILES string of the molecule is O=c1nc(-[n+]2ccccc2)c2[nH]ncc2n1[C@@H]1O[C@H](COCc2ccccc2)[C@@H](OCc2ccccc2)[C@@H]1OCc1ccccc1. The Balaban J connectivity index is 1.25. The van der Waals surface area contributed by atoms with Crippen LogP contribution in [-0.4, -0.2) is 44.7 Å². The fourth-order valence-corrected chi connectivity index (χ4v) is 5.73. The Kier molecular flexibility index (Phi) is 9.02. The summed E-state index contributed by atoms with van der Waals surface area (Å²) in [6.07, 6.45) is 2.61. The highest BCUT2D eigenvalue weighted by Crippen LogP contribution is 2.36. The molecule has 0 amide bonds. The molecule has 1 aliphatic rings. The van der Waals surface area contributed by atoms with E-state index in [1.807, 2.05) is 122 Å². The van der Waals surface area contributed by atoms with Crippen molar-refractivity contribution in [3.05, 3.63) is 155 Å². The minimum atomic E-state index is -0.871. The maximum atomic E-state index is 13.9. The van der Waals surface area contributed by atoms with Gasteiger partial charge in [0, 0.05) is 4.98 Å². The number of nitrogens with one attached hydrogen (secondary N) is 1. The van der Waals surface area contributed by atoms with Crippen LogP contribution < -0.4 is 10.3 Å². The molecule has 1 aliphatic heterocycles. The Morgan fingerprint density at radius 2 is 1.30 bits per heavy atom. The predicted molar refractivity (Wildman–Crippen MR) is 170 cm³/mol. The van der Waals surface area contributed by atoms with E-state index in [0.717, 1.165) is 16.7 Å². The lowest BCUT2D eigenvalue weighted by atomic mass is 10.1. The average molecular weight is 617 g/mol. The van der Waals surface area contributed by atoms with Crippen LogP contribution in [0.2, 0.25) is 0 Å². The zero-order chi connectivity index (χ0) is 31.1. The van der Waals surface area contributed by atoms with E-state index in [0.29, 0.717) is 36.7 Å². The summed E-state index contributed by atoms with van der Waals surface area (Å²) in [5, 5.41) is 7.31. The number of aromatic amines is 1. The molecule has 3 aromatic carbocycles. The second-order valence-corrected chi connectivity index (χ2v) is 11.1. The molecular formula is C36H34N5O5+. The molecule has 1 saturated heterocycles. The number of hydrogen-bond donors (Lipinski definition) is 1. The van der Waals surface area contributed by atoms with Gasteiger partial charge in [-0.05, 0) is 28.8 Å². The van der Waals surface area contributed by atoms with Gasteiger partial charge in [0.1, 0.15) is 23.8 Å².